The molecule has 2 nitrogen and oxygen atoms in total. The first-order valence-corrected chi connectivity index (χ1v) is 7.52. The number of benzene rings is 5. The van der Waals surface area contributed by atoms with Gasteiger partial charge in [0.15, 0.2) is 5.75 Å². The first-order valence-electron chi connectivity index (χ1n) is 7.52. The van der Waals surface area contributed by atoms with Crippen molar-refractivity contribution in [1.82, 2.24) is 0 Å². The van der Waals surface area contributed by atoms with Crippen molar-refractivity contribution in [1.29, 1.82) is 5.26 Å². The van der Waals surface area contributed by atoms with E-state index in [9.17, 15) is 0 Å². The predicted molar refractivity (Wildman–Crippen MR) is 93.9 cm³/mol. The van der Waals surface area contributed by atoms with Gasteiger partial charge in [-0.05, 0) is 38.4 Å². The number of hydrogen-bond acceptors (Lipinski definition) is 2. The summed E-state index contributed by atoms with van der Waals surface area (Å²) in [5.41, 5.74) is 0. The van der Waals surface area contributed by atoms with E-state index in [1.807, 2.05) is 18.4 Å². The summed E-state index contributed by atoms with van der Waals surface area (Å²) in [6.07, 6.45) is 1.82. The van der Waals surface area contributed by atoms with Crippen LogP contribution in [0.3, 0.4) is 0 Å². The van der Waals surface area contributed by atoms with Crippen LogP contribution in [0.1, 0.15) is 0 Å². The van der Waals surface area contributed by atoms with Crippen LogP contribution in [-0.4, -0.2) is 0 Å². The molecule has 0 aliphatic carbocycles. The van der Waals surface area contributed by atoms with Crippen molar-refractivity contribution in [3.05, 3.63) is 66.7 Å². The normalized spacial score (nSPS) is 11.4. The maximum Gasteiger partial charge on any atom is 0.292 e. The molecule has 0 aliphatic heterocycles. The largest absolute Gasteiger partial charge is 0.387 e. The van der Waals surface area contributed by atoms with E-state index in [1.54, 1.807) is 0 Å². The van der Waals surface area contributed by atoms with Crippen molar-refractivity contribution in [2.45, 2.75) is 0 Å². The van der Waals surface area contributed by atoms with Crippen molar-refractivity contribution in [3.63, 3.8) is 0 Å². The van der Waals surface area contributed by atoms with Gasteiger partial charge in [0.1, 0.15) is 0 Å². The summed E-state index contributed by atoms with van der Waals surface area (Å²) in [4.78, 5) is 0. The molecule has 23 heavy (non-hydrogen) atoms. The highest BCUT2D eigenvalue weighted by Gasteiger charge is 2.15. The van der Waals surface area contributed by atoms with Crippen molar-refractivity contribution in [2.24, 2.45) is 0 Å². The van der Waals surface area contributed by atoms with Crippen LogP contribution in [0.2, 0.25) is 0 Å². The lowest BCUT2D eigenvalue weighted by Crippen LogP contribution is -1.90. The minimum absolute atomic E-state index is 0.620. The Kier molecular flexibility index (Phi) is 2.32. The van der Waals surface area contributed by atoms with Crippen molar-refractivity contribution in [3.8, 4) is 12.0 Å². The first kappa shape index (κ1) is 12.3. The third kappa shape index (κ3) is 1.51. The molecule has 0 unspecified atom stereocenters. The van der Waals surface area contributed by atoms with E-state index in [2.05, 4.69) is 54.6 Å². The Morgan fingerprint density at radius 3 is 1.91 bits per heavy atom. The van der Waals surface area contributed by atoms with Crippen LogP contribution < -0.4 is 4.74 Å². The van der Waals surface area contributed by atoms with Crippen LogP contribution in [0.5, 0.6) is 5.75 Å². The second-order valence-corrected chi connectivity index (χ2v) is 5.74. The van der Waals surface area contributed by atoms with Crippen molar-refractivity contribution < 1.29 is 4.74 Å². The van der Waals surface area contributed by atoms with Gasteiger partial charge in [-0.2, -0.15) is 0 Å². The fourth-order valence-electron chi connectivity index (χ4n) is 3.76. The summed E-state index contributed by atoms with van der Waals surface area (Å²) in [5, 5.41) is 18.4. The molecular formula is C21H11NO. The quantitative estimate of drug-likeness (QED) is 0.229. The second kappa shape index (κ2) is 4.34. The maximum absolute atomic E-state index is 9.02. The predicted octanol–water partition coefficient (Wildman–Crippen LogP) is 5.60. The summed E-state index contributed by atoms with van der Waals surface area (Å²) in [5.74, 6) is 0.620. The number of nitrogens with zero attached hydrogens (tertiary/aromatic N) is 1. The molecule has 0 bridgehead atoms. The molecule has 2 heteroatoms. The number of ether oxygens (including phenoxy) is 1. The molecule has 5 rings (SSSR count). The van der Waals surface area contributed by atoms with E-state index in [0.717, 1.165) is 21.5 Å². The highest BCUT2D eigenvalue weighted by molar-refractivity contribution is 6.34. The second-order valence-electron chi connectivity index (χ2n) is 5.74. The molecule has 0 spiro atoms. The summed E-state index contributed by atoms with van der Waals surface area (Å²) < 4.78 is 5.28. The summed E-state index contributed by atoms with van der Waals surface area (Å²) in [6, 6.07) is 22.9. The highest BCUT2D eigenvalue weighted by atomic mass is 16.5. The zero-order valence-electron chi connectivity index (χ0n) is 12.2. The van der Waals surface area contributed by atoms with Crippen molar-refractivity contribution in [2.75, 3.05) is 0 Å². The minimum atomic E-state index is 0.620. The molecule has 5 aromatic carbocycles. The molecule has 0 amide bonds. The van der Waals surface area contributed by atoms with Gasteiger partial charge in [-0.1, -0.05) is 60.7 Å². The molecular weight excluding hydrogens is 282 g/mol. The summed E-state index contributed by atoms with van der Waals surface area (Å²) >= 11 is 0. The van der Waals surface area contributed by atoms with Crippen LogP contribution in [0.4, 0.5) is 0 Å². The molecule has 106 valence electrons. The van der Waals surface area contributed by atoms with Crippen LogP contribution in [0, 0.1) is 11.5 Å². The lowest BCUT2D eigenvalue weighted by atomic mass is 9.89. The van der Waals surface area contributed by atoms with Gasteiger partial charge in [-0.25, -0.2) is 0 Å². The molecule has 0 saturated heterocycles. The van der Waals surface area contributed by atoms with Gasteiger partial charge in [0.25, 0.3) is 6.26 Å². The van der Waals surface area contributed by atoms with E-state index in [-0.39, 0.29) is 0 Å². The SMILES string of the molecule is N#COc1ccc2cccc3c4cccc5cccc(c1c23)c54. The Balaban J connectivity index is 2.23. The smallest absolute Gasteiger partial charge is 0.292 e. The average Bonchev–Trinajstić information content (AvgIpc) is 2.60. The monoisotopic (exact) mass is 293 g/mol. The third-order valence-electron chi connectivity index (χ3n) is 4.63. The fourth-order valence-corrected chi connectivity index (χ4v) is 3.76. The lowest BCUT2D eigenvalue weighted by molar-refractivity contribution is 0.514. The topological polar surface area (TPSA) is 33.0 Å². The summed E-state index contributed by atoms with van der Waals surface area (Å²) in [7, 11) is 0. The van der Waals surface area contributed by atoms with Gasteiger partial charge < -0.3 is 4.74 Å². The lowest BCUT2D eigenvalue weighted by Gasteiger charge is -2.15. The van der Waals surface area contributed by atoms with Crippen LogP contribution in [0.25, 0.3) is 43.1 Å². The van der Waals surface area contributed by atoms with E-state index in [1.165, 1.54) is 21.5 Å². The van der Waals surface area contributed by atoms with Gasteiger partial charge >= 0.3 is 0 Å². The Morgan fingerprint density at radius 1 is 0.609 bits per heavy atom. The van der Waals surface area contributed by atoms with Gasteiger partial charge in [0.05, 0.1) is 0 Å². The molecule has 0 aliphatic rings. The Labute approximate surface area is 132 Å². The van der Waals surface area contributed by atoms with E-state index in [4.69, 9.17) is 10.00 Å². The first-order chi connectivity index (χ1) is 11.4. The fraction of sp³-hybridized carbons (Fsp3) is 0. The third-order valence-corrected chi connectivity index (χ3v) is 4.63. The van der Waals surface area contributed by atoms with Gasteiger partial charge in [0, 0.05) is 10.8 Å². The molecule has 0 saturated carbocycles. The molecule has 0 N–H and O–H groups in total. The van der Waals surface area contributed by atoms with Crippen molar-refractivity contribution >= 4 is 43.1 Å². The van der Waals surface area contributed by atoms with E-state index >= 15 is 0 Å². The Hall–Kier alpha value is -3.31. The molecule has 0 fully saturated rings. The zero-order chi connectivity index (χ0) is 15.4. The molecule has 0 aromatic heterocycles. The molecule has 0 atom stereocenters. The van der Waals surface area contributed by atoms with Gasteiger partial charge in [-0.3, -0.25) is 0 Å². The van der Waals surface area contributed by atoms with Crippen LogP contribution in [0.15, 0.2) is 66.7 Å². The van der Waals surface area contributed by atoms with Crippen LogP contribution in [-0.2, 0) is 0 Å². The van der Waals surface area contributed by atoms with E-state index < -0.39 is 0 Å². The standard InChI is InChI=1S/C21H11NO/c22-12-23-18-11-10-14-6-2-8-16-15-7-1-4-13-5-3-9-17(19(13)15)21(18)20(14)16/h1-11H. The number of hydrogen-bond donors (Lipinski definition) is 0. The number of fused-ring (bicyclic) bond motifs is 2. The van der Waals surface area contributed by atoms with E-state index in [0.29, 0.717) is 5.75 Å². The number of rotatable bonds is 1. The molecule has 5 aromatic rings. The number of nitriles is 1. The van der Waals surface area contributed by atoms with Gasteiger partial charge in [-0.15, -0.1) is 5.26 Å². The Morgan fingerprint density at radius 2 is 1.22 bits per heavy atom. The highest BCUT2D eigenvalue weighted by Crippen LogP contribution is 2.43. The Bertz CT molecular complexity index is 1240. The maximum atomic E-state index is 9.02. The minimum Gasteiger partial charge on any atom is -0.387 e. The zero-order valence-corrected chi connectivity index (χ0v) is 12.2. The summed E-state index contributed by atoms with van der Waals surface area (Å²) in [6.45, 7) is 0. The molecule has 0 radical (unpaired) electrons. The molecule has 0 heterocycles. The van der Waals surface area contributed by atoms with Gasteiger partial charge in [0.2, 0.25) is 0 Å². The van der Waals surface area contributed by atoms with Crippen LogP contribution >= 0.6 is 0 Å². The average molecular weight is 293 g/mol.